The molecule has 1 saturated heterocycles. The lowest BCUT2D eigenvalue weighted by Crippen LogP contribution is -2.39. The predicted molar refractivity (Wildman–Crippen MR) is 69.6 cm³/mol. The second-order valence-electron chi connectivity index (χ2n) is 5.91. The van der Waals surface area contributed by atoms with Gasteiger partial charge in [-0.2, -0.15) is 0 Å². The van der Waals surface area contributed by atoms with E-state index in [1.807, 2.05) is 0 Å². The molecular formula is C14H28N2. The average Bonchev–Trinajstić information content (AvgIpc) is 2.86. The van der Waals surface area contributed by atoms with Crippen LogP contribution in [0.1, 0.15) is 45.4 Å². The van der Waals surface area contributed by atoms with Gasteiger partial charge in [0.1, 0.15) is 0 Å². The Morgan fingerprint density at radius 1 is 1.19 bits per heavy atom. The SMILES string of the molecule is CNCC(C)CN1CCCC1C1CCCC1. The second-order valence-corrected chi connectivity index (χ2v) is 5.91. The van der Waals surface area contributed by atoms with E-state index in [-0.39, 0.29) is 0 Å². The van der Waals surface area contributed by atoms with Gasteiger partial charge in [0, 0.05) is 12.6 Å². The van der Waals surface area contributed by atoms with Gasteiger partial charge in [-0.05, 0) is 57.7 Å². The Kier molecular flexibility index (Phi) is 4.66. The molecule has 2 fully saturated rings. The molecule has 1 aliphatic carbocycles. The zero-order valence-corrected chi connectivity index (χ0v) is 11.0. The van der Waals surface area contributed by atoms with E-state index in [1.165, 1.54) is 51.6 Å². The number of rotatable bonds is 5. The molecule has 16 heavy (non-hydrogen) atoms. The fourth-order valence-electron chi connectivity index (χ4n) is 3.77. The first-order valence-corrected chi connectivity index (χ1v) is 7.20. The third kappa shape index (κ3) is 2.98. The van der Waals surface area contributed by atoms with Crippen molar-refractivity contribution < 1.29 is 0 Å². The standard InChI is InChI=1S/C14H28N2/c1-12(10-15-2)11-16-9-5-8-14(16)13-6-3-4-7-13/h12-15H,3-11H2,1-2H3. The summed E-state index contributed by atoms with van der Waals surface area (Å²) in [7, 11) is 2.06. The van der Waals surface area contributed by atoms with Crippen LogP contribution in [0.4, 0.5) is 0 Å². The quantitative estimate of drug-likeness (QED) is 0.772. The van der Waals surface area contributed by atoms with Crippen molar-refractivity contribution in [2.45, 2.75) is 51.5 Å². The van der Waals surface area contributed by atoms with Crippen LogP contribution in [0.15, 0.2) is 0 Å². The third-order valence-electron chi connectivity index (χ3n) is 4.46. The second kappa shape index (κ2) is 6.02. The first-order valence-electron chi connectivity index (χ1n) is 7.20. The van der Waals surface area contributed by atoms with Gasteiger partial charge in [-0.15, -0.1) is 0 Å². The van der Waals surface area contributed by atoms with Gasteiger partial charge in [-0.25, -0.2) is 0 Å². The fraction of sp³-hybridized carbons (Fsp3) is 1.00. The molecule has 2 heteroatoms. The van der Waals surface area contributed by atoms with Crippen molar-refractivity contribution in [3.8, 4) is 0 Å². The molecule has 0 amide bonds. The maximum absolute atomic E-state index is 3.30. The van der Waals surface area contributed by atoms with Crippen LogP contribution in [0.3, 0.4) is 0 Å². The van der Waals surface area contributed by atoms with Crippen LogP contribution in [-0.2, 0) is 0 Å². The summed E-state index contributed by atoms with van der Waals surface area (Å²) >= 11 is 0. The Balaban J connectivity index is 1.82. The molecule has 2 nitrogen and oxygen atoms in total. The topological polar surface area (TPSA) is 15.3 Å². The molecular weight excluding hydrogens is 196 g/mol. The van der Waals surface area contributed by atoms with Gasteiger partial charge in [-0.3, -0.25) is 4.90 Å². The maximum Gasteiger partial charge on any atom is 0.0124 e. The lowest BCUT2D eigenvalue weighted by molar-refractivity contribution is 0.168. The number of likely N-dealkylation sites (tertiary alicyclic amines) is 1. The number of hydrogen-bond donors (Lipinski definition) is 1. The van der Waals surface area contributed by atoms with Crippen molar-refractivity contribution in [3.05, 3.63) is 0 Å². The highest BCUT2D eigenvalue weighted by atomic mass is 15.2. The van der Waals surface area contributed by atoms with Crippen molar-refractivity contribution >= 4 is 0 Å². The van der Waals surface area contributed by atoms with E-state index in [4.69, 9.17) is 0 Å². The Labute approximate surface area is 101 Å². The molecule has 94 valence electrons. The predicted octanol–water partition coefficient (Wildman–Crippen LogP) is 2.50. The Bertz CT molecular complexity index is 199. The van der Waals surface area contributed by atoms with Crippen molar-refractivity contribution in [3.63, 3.8) is 0 Å². The van der Waals surface area contributed by atoms with Crippen molar-refractivity contribution in [1.82, 2.24) is 10.2 Å². The maximum atomic E-state index is 3.30. The minimum atomic E-state index is 0.798. The van der Waals surface area contributed by atoms with Crippen LogP contribution >= 0.6 is 0 Å². The number of nitrogens with zero attached hydrogens (tertiary/aromatic N) is 1. The zero-order valence-electron chi connectivity index (χ0n) is 11.0. The van der Waals surface area contributed by atoms with Gasteiger partial charge < -0.3 is 5.32 Å². The molecule has 2 rings (SSSR count). The molecule has 1 aliphatic heterocycles. The van der Waals surface area contributed by atoms with Gasteiger partial charge >= 0.3 is 0 Å². The van der Waals surface area contributed by atoms with Gasteiger partial charge in [0.25, 0.3) is 0 Å². The smallest absolute Gasteiger partial charge is 0.0124 e. The highest BCUT2D eigenvalue weighted by Crippen LogP contribution is 2.35. The molecule has 1 heterocycles. The average molecular weight is 224 g/mol. The lowest BCUT2D eigenvalue weighted by atomic mass is 9.95. The van der Waals surface area contributed by atoms with Gasteiger partial charge in [0.2, 0.25) is 0 Å². The minimum Gasteiger partial charge on any atom is -0.319 e. The minimum absolute atomic E-state index is 0.798. The highest BCUT2D eigenvalue weighted by Gasteiger charge is 2.33. The summed E-state index contributed by atoms with van der Waals surface area (Å²) in [4.78, 5) is 2.79. The summed E-state index contributed by atoms with van der Waals surface area (Å²) < 4.78 is 0. The van der Waals surface area contributed by atoms with E-state index >= 15 is 0 Å². The number of nitrogens with one attached hydrogen (secondary N) is 1. The molecule has 2 aliphatic rings. The van der Waals surface area contributed by atoms with Crippen molar-refractivity contribution in [2.24, 2.45) is 11.8 Å². The van der Waals surface area contributed by atoms with Crippen LogP contribution in [-0.4, -0.2) is 37.6 Å². The lowest BCUT2D eigenvalue weighted by Gasteiger charge is -2.31. The van der Waals surface area contributed by atoms with E-state index in [0.29, 0.717) is 0 Å². The summed E-state index contributed by atoms with van der Waals surface area (Å²) in [5.74, 6) is 1.83. The Hall–Kier alpha value is -0.0800. The molecule has 0 aromatic carbocycles. The Morgan fingerprint density at radius 3 is 2.62 bits per heavy atom. The molecule has 1 N–H and O–H groups in total. The molecule has 2 unspecified atom stereocenters. The van der Waals surface area contributed by atoms with Gasteiger partial charge in [0.15, 0.2) is 0 Å². The summed E-state index contributed by atoms with van der Waals surface area (Å²) in [6.07, 6.45) is 8.88. The normalized spacial score (nSPS) is 30.0. The summed E-state index contributed by atoms with van der Waals surface area (Å²) in [6, 6.07) is 0.932. The molecule has 0 spiro atoms. The first-order chi connectivity index (χ1) is 7.81. The van der Waals surface area contributed by atoms with Crippen LogP contribution < -0.4 is 5.32 Å². The van der Waals surface area contributed by atoms with Crippen LogP contribution in [0.2, 0.25) is 0 Å². The van der Waals surface area contributed by atoms with Gasteiger partial charge in [0.05, 0.1) is 0 Å². The Morgan fingerprint density at radius 2 is 1.94 bits per heavy atom. The molecule has 0 aromatic heterocycles. The number of hydrogen-bond acceptors (Lipinski definition) is 2. The molecule has 0 aromatic rings. The zero-order chi connectivity index (χ0) is 11.4. The van der Waals surface area contributed by atoms with E-state index in [1.54, 1.807) is 0 Å². The van der Waals surface area contributed by atoms with Crippen molar-refractivity contribution in [2.75, 3.05) is 26.7 Å². The summed E-state index contributed by atoms with van der Waals surface area (Å²) in [6.45, 7) is 6.20. The fourth-order valence-corrected chi connectivity index (χ4v) is 3.77. The van der Waals surface area contributed by atoms with Crippen LogP contribution in [0.25, 0.3) is 0 Å². The molecule has 0 bridgehead atoms. The highest BCUT2D eigenvalue weighted by molar-refractivity contribution is 4.88. The van der Waals surface area contributed by atoms with Crippen LogP contribution in [0.5, 0.6) is 0 Å². The first kappa shape index (κ1) is 12.4. The van der Waals surface area contributed by atoms with E-state index in [0.717, 1.165) is 24.4 Å². The third-order valence-corrected chi connectivity index (χ3v) is 4.46. The molecule has 2 atom stereocenters. The van der Waals surface area contributed by atoms with Gasteiger partial charge in [-0.1, -0.05) is 19.8 Å². The van der Waals surface area contributed by atoms with E-state index in [9.17, 15) is 0 Å². The van der Waals surface area contributed by atoms with E-state index < -0.39 is 0 Å². The van der Waals surface area contributed by atoms with E-state index in [2.05, 4.69) is 24.2 Å². The summed E-state index contributed by atoms with van der Waals surface area (Å²) in [5.41, 5.74) is 0. The van der Waals surface area contributed by atoms with Crippen LogP contribution in [0, 0.1) is 11.8 Å². The largest absolute Gasteiger partial charge is 0.319 e. The molecule has 1 saturated carbocycles. The molecule has 0 radical (unpaired) electrons. The monoisotopic (exact) mass is 224 g/mol. The summed E-state index contributed by atoms with van der Waals surface area (Å²) in [5, 5.41) is 3.30. The van der Waals surface area contributed by atoms with Crippen molar-refractivity contribution in [1.29, 1.82) is 0 Å².